The molecule has 0 saturated carbocycles. The molecule has 0 spiro atoms. The molecule has 3 heterocycles. The molecule has 1 aliphatic rings. The Morgan fingerprint density at radius 2 is 2.03 bits per heavy atom. The summed E-state index contributed by atoms with van der Waals surface area (Å²) < 4.78 is 19.1. The molecule has 7 nitrogen and oxygen atoms in total. The van der Waals surface area contributed by atoms with Crippen molar-refractivity contribution in [3.63, 3.8) is 0 Å². The minimum atomic E-state index is -0.361. The van der Waals surface area contributed by atoms with E-state index >= 15 is 0 Å². The fraction of sp³-hybridized carbons (Fsp3) is 0.333. The van der Waals surface area contributed by atoms with Gasteiger partial charge in [0.1, 0.15) is 5.82 Å². The van der Waals surface area contributed by atoms with Crippen molar-refractivity contribution in [2.45, 2.75) is 32.1 Å². The second kappa shape index (κ2) is 7.98. The van der Waals surface area contributed by atoms with E-state index in [0.29, 0.717) is 42.8 Å². The molecule has 0 aliphatic carbocycles. The van der Waals surface area contributed by atoms with Gasteiger partial charge in [-0.1, -0.05) is 23.4 Å². The van der Waals surface area contributed by atoms with Crippen LogP contribution >= 0.6 is 0 Å². The molecular weight excluding hydrogens is 375 g/mol. The highest BCUT2D eigenvalue weighted by atomic mass is 19.1. The molecule has 0 radical (unpaired) electrons. The number of likely N-dealkylation sites (tertiary alicyclic amines) is 1. The van der Waals surface area contributed by atoms with Crippen LogP contribution < -0.4 is 5.56 Å². The van der Waals surface area contributed by atoms with Crippen molar-refractivity contribution in [1.29, 1.82) is 0 Å². The molecule has 8 heteroatoms. The van der Waals surface area contributed by atoms with E-state index in [1.165, 1.54) is 12.1 Å². The summed E-state index contributed by atoms with van der Waals surface area (Å²) in [5.41, 5.74) is 2.19. The normalized spacial score (nSPS) is 14.9. The lowest BCUT2D eigenvalue weighted by molar-refractivity contribution is -0.131. The van der Waals surface area contributed by atoms with Crippen LogP contribution in [0.4, 0.5) is 4.39 Å². The zero-order valence-corrected chi connectivity index (χ0v) is 16.0. The smallest absolute Gasteiger partial charge is 0.264 e. The van der Waals surface area contributed by atoms with E-state index in [-0.39, 0.29) is 29.6 Å². The van der Waals surface area contributed by atoms with Gasteiger partial charge in [-0.15, -0.1) is 0 Å². The Labute approximate surface area is 166 Å². The Morgan fingerprint density at radius 3 is 2.72 bits per heavy atom. The number of aromatic amines is 1. The van der Waals surface area contributed by atoms with Crippen LogP contribution in [0.1, 0.15) is 35.7 Å². The molecule has 1 N–H and O–H groups in total. The quantitative estimate of drug-likeness (QED) is 0.732. The second-order valence-electron chi connectivity index (χ2n) is 7.29. The van der Waals surface area contributed by atoms with E-state index in [2.05, 4.69) is 15.4 Å². The Hall–Kier alpha value is -3.29. The summed E-state index contributed by atoms with van der Waals surface area (Å²) in [6.45, 7) is 2.91. The van der Waals surface area contributed by atoms with Gasteiger partial charge in [-0.2, -0.15) is 5.10 Å². The Morgan fingerprint density at radius 1 is 1.28 bits per heavy atom. The monoisotopic (exact) mass is 396 g/mol. The van der Waals surface area contributed by atoms with Crippen molar-refractivity contribution in [3.05, 3.63) is 69.5 Å². The van der Waals surface area contributed by atoms with Gasteiger partial charge in [0, 0.05) is 36.7 Å². The van der Waals surface area contributed by atoms with Gasteiger partial charge in [-0.3, -0.25) is 9.59 Å². The average molecular weight is 396 g/mol. The van der Waals surface area contributed by atoms with Crippen LogP contribution in [0.25, 0.3) is 11.3 Å². The van der Waals surface area contributed by atoms with Crippen LogP contribution in [0.3, 0.4) is 0 Å². The molecule has 2 aromatic heterocycles. The summed E-state index contributed by atoms with van der Waals surface area (Å²) in [6, 6.07) is 9.58. The number of carbonyl (C=O) groups is 1. The van der Waals surface area contributed by atoms with Gasteiger partial charge in [-0.05, 0) is 31.4 Å². The number of hydrogen-bond donors (Lipinski definition) is 1. The summed E-state index contributed by atoms with van der Waals surface area (Å²) in [5, 5.41) is 10.6. The maximum Gasteiger partial charge on any atom is 0.264 e. The maximum absolute atomic E-state index is 13.8. The van der Waals surface area contributed by atoms with Gasteiger partial charge in [0.15, 0.2) is 5.76 Å². The number of carbonyl (C=O) groups excluding carboxylic acids is 1. The Balaban J connectivity index is 1.47. The zero-order chi connectivity index (χ0) is 20.4. The lowest BCUT2D eigenvalue weighted by Gasteiger charge is -2.32. The predicted molar refractivity (Wildman–Crippen MR) is 104 cm³/mol. The van der Waals surface area contributed by atoms with Crippen molar-refractivity contribution in [2.75, 3.05) is 13.1 Å². The van der Waals surface area contributed by atoms with Crippen molar-refractivity contribution in [2.24, 2.45) is 0 Å². The van der Waals surface area contributed by atoms with Crippen LogP contribution in [0.5, 0.6) is 0 Å². The van der Waals surface area contributed by atoms with Gasteiger partial charge in [-0.25, -0.2) is 9.49 Å². The van der Waals surface area contributed by atoms with Crippen molar-refractivity contribution < 1.29 is 13.7 Å². The van der Waals surface area contributed by atoms with Crippen LogP contribution in [-0.2, 0) is 11.2 Å². The summed E-state index contributed by atoms with van der Waals surface area (Å²) >= 11 is 0. The third-order valence-electron chi connectivity index (χ3n) is 5.27. The average Bonchev–Trinajstić information content (AvgIpc) is 3.16. The molecule has 4 rings (SSSR count). The molecule has 1 fully saturated rings. The molecule has 3 aromatic rings. The highest BCUT2D eigenvalue weighted by Crippen LogP contribution is 2.33. The molecule has 1 saturated heterocycles. The SMILES string of the molecule is Cc1cc(-c2cc(=O)[nH]nc2C2CCN(C(=O)Cc3ccccc3F)CC2)on1. The molecule has 0 bridgehead atoms. The van der Waals surface area contributed by atoms with Crippen LogP contribution in [0, 0.1) is 12.7 Å². The van der Waals surface area contributed by atoms with Crippen LogP contribution in [0.2, 0.25) is 0 Å². The van der Waals surface area contributed by atoms with Gasteiger partial charge in [0.2, 0.25) is 5.91 Å². The first-order chi connectivity index (χ1) is 14.0. The number of nitrogens with one attached hydrogen (secondary N) is 1. The van der Waals surface area contributed by atoms with Gasteiger partial charge >= 0.3 is 0 Å². The van der Waals surface area contributed by atoms with Gasteiger partial charge in [0.25, 0.3) is 5.56 Å². The first-order valence-corrected chi connectivity index (χ1v) is 9.56. The molecule has 29 heavy (non-hydrogen) atoms. The first-order valence-electron chi connectivity index (χ1n) is 9.56. The topological polar surface area (TPSA) is 92.1 Å². The number of aryl methyl sites for hydroxylation is 1. The molecule has 1 aromatic carbocycles. The fourth-order valence-corrected chi connectivity index (χ4v) is 3.73. The van der Waals surface area contributed by atoms with E-state index in [9.17, 15) is 14.0 Å². The number of aromatic nitrogens is 3. The largest absolute Gasteiger partial charge is 0.356 e. The third kappa shape index (κ3) is 4.11. The van der Waals surface area contributed by atoms with Crippen molar-refractivity contribution in [3.8, 4) is 11.3 Å². The van der Waals surface area contributed by atoms with Crippen LogP contribution in [0.15, 0.2) is 45.7 Å². The lowest BCUT2D eigenvalue weighted by atomic mass is 9.90. The van der Waals surface area contributed by atoms with Gasteiger partial charge in [0.05, 0.1) is 17.8 Å². The summed E-state index contributed by atoms with van der Waals surface area (Å²) in [6.07, 6.45) is 1.45. The highest BCUT2D eigenvalue weighted by Gasteiger charge is 2.28. The van der Waals surface area contributed by atoms with Crippen LogP contribution in [-0.4, -0.2) is 39.3 Å². The molecule has 0 atom stereocenters. The number of halogens is 1. The fourth-order valence-electron chi connectivity index (χ4n) is 3.73. The third-order valence-corrected chi connectivity index (χ3v) is 5.27. The van der Waals surface area contributed by atoms with E-state index in [4.69, 9.17) is 4.52 Å². The number of piperidine rings is 1. The number of amides is 1. The van der Waals surface area contributed by atoms with Gasteiger partial charge < -0.3 is 9.42 Å². The van der Waals surface area contributed by atoms with E-state index in [1.54, 1.807) is 29.2 Å². The number of hydrogen-bond acceptors (Lipinski definition) is 5. The number of nitrogens with zero attached hydrogens (tertiary/aromatic N) is 3. The number of benzene rings is 1. The molecule has 1 amide bonds. The number of H-pyrrole nitrogens is 1. The minimum absolute atomic E-state index is 0.0524. The maximum atomic E-state index is 13.8. The summed E-state index contributed by atoms with van der Waals surface area (Å²) in [7, 11) is 0. The standard InChI is InChI=1S/C21H21FN4O3/c1-13-10-18(29-25-13)16-12-19(27)23-24-21(16)14-6-8-26(9-7-14)20(28)11-15-4-2-3-5-17(15)22/h2-5,10,12,14H,6-9,11H2,1H3,(H,23,27). The lowest BCUT2D eigenvalue weighted by Crippen LogP contribution is -2.39. The zero-order valence-electron chi connectivity index (χ0n) is 16.0. The van der Waals surface area contributed by atoms with E-state index in [0.717, 1.165) is 11.4 Å². The summed E-state index contributed by atoms with van der Waals surface area (Å²) in [5.74, 6) is 0.133. The van der Waals surface area contributed by atoms with E-state index < -0.39 is 0 Å². The number of rotatable bonds is 4. The predicted octanol–water partition coefficient (Wildman–Crippen LogP) is 2.82. The molecule has 1 aliphatic heterocycles. The molecular formula is C21H21FN4O3. The van der Waals surface area contributed by atoms with Crippen molar-refractivity contribution >= 4 is 5.91 Å². The van der Waals surface area contributed by atoms with Crippen molar-refractivity contribution in [1.82, 2.24) is 20.3 Å². The highest BCUT2D eigenvalue weighted by molar-refractivity contribution is 5.79. The Kier molecular flexibility index (Phi) is 5.24. The molecule has 0 unspecified atom stereocenters. The molecule has 150 valence electrons. The summed E-state index contributed by atoms with van der Waals surface area (Å²) in [4.78, 5) is 26.1. The minimum Gasteiger partial charge on any atom is -0.356 e. The Bertz CT molecular complexity index is 1080. The first kappa shape index (κ1) is 19.0. The second-order valence-corrected chi connectivity index (χ2v) is 7.29. The van der Waals surface area contributed by atoms with E-state index in [1.807, 2.05) is 6.92 Å².